The Morgan fingerprint density at radius 3 is 2.25 bits per heavy atom. The number of carbonyl (C=O) groups is 1. The lowest BCUT2D eigenvalue weighted by atomic mass is 10.1. The van der Waals surface area contributed by atoms with Gasteiger partial charge in [-0.05, 0) is 30.3 Å². The van der Waals surface area contributed by atoms with Gasteiger partial charge >= 0.3 is 6.03 Å². The van der Waals surface area contributed by atoms with Crippen LogP contribution in [0.25, 0.3) is 21.8 Å². The number of aromatic nitrogens is 1. The molecule has 0 spiro atoms. The molecule has 2 amide bonds. The first kappa shape index (κ1) is 17.9. The normalized spacial score (nSPS) is 10.5. The number of anilines is 2. The van der Waals surface area contributed by atoms with E-state index in [1.54, 1.807) is 23.5 Å². The molecule has 0 fully saturated rings. The first-order valence-electron chi connectivity index (χ1n) is 8.62. The lowest BCUT2D eigenvalue weighted by Gasteiger charge is -2.08. The van der Waals surface area contributed by atoms with Gasteiger partial charge in [0.1, 0.15) is 10.8 Å². The van der Waals surface area contributed by atoms with Gasteiger partial charge in [0.05, 0.1) is 5.69 Å². The van der Waals surface area contributed by atoms with Crippen LogP contribution in [0.1, 0.15) is 0 Å². The van der Waals surface area contributed by atoms with Crippen molar-refractivity contribution >= 4 is 28.7 Å². The number of rotatable bonds is 4. The number of hydrogen-bond donors (Lipinski definition) is 2. The molecule has 0 unspecified atom stereocenters. The summed E-state index contributed by atoms with van der Waals surface area (Å²) in [7, 11) is 0. The Bertz CT molecular complexity index is 1110. The van der Waals surface area contributed by atoms with Crippen molar-refractivity contribution in [1.29, 1.82) is 0 Å². The molecule has 4 rings (SSSR count). The molecule has 1 heterocycles. The van der Waals surface area contributed by atoms with E-state index in [9.17, 15) is 9.18 Å². The number of benzene rings is 3. The minimum absolute atomic E-state index is 0.389. The zero-order chi connectivity index (χ0) is 19.3. The fourth-order valence-electron chi connectivity index (χ4n) is 2.74. The first-order valence-corrected chi connectivity index (χ1v) is 9.50. The molecule has 6 heteroatoms. The third kappa shape index (κ3) is 4.24. The van der Waals surface area contributed by atoms with Crippen molar-refractivity contribution in [3.8, 4) is 21.8 Å². The van der Waals surface area contributed by atoms with E-state index in [2.05, 4.69) is 10.6 Å². The molecule has 0 aliphatic heterocycles. The van der Waals surface area contributed by atoms with Crippen LogP contribution >= 0.6 is 11.3 Å². The average molecular weight is 389 g/mol. The third-order valence-corrected chi connectivity index (χ3v) is 4.91. The lowest BCUT2D eigenvalue weighted by Crippen LogP contribution is -2.19. The molecule has 0 aliphatic carbocycles. The van der Waals surface area contributed by atoms with Gasteiger partial charge in [0.25, 0.3) is 0 Å². The fourth-order valence-corrected chi connectivity index (χ4v) is 3.57. The monoisotopic (exact) mass is 389 g/mol. The summed E-state index contributed by atoms with van der Waals surface area (Å²) < 4.78 is 13.2. The number of nitrogens with one attached hydrogen (secondary N) is 2. The van der Waals surface area contributed by atoms with Crippen LogP contribution in [0.2, 0.25) is 0 Å². The van der Waals surface area contributed by atoms with E-state index in [1.165, 1.54) is 18.2 Å². The van der Waals surface area contributed by atoms with E-state index in [1.807, 2.05) is 53.9 Å². The van der Waals surface area contributed by atoms with Crippen LogP contribution in [0, 0.1) is 5.82 Å². The number of nitrogens with zero attached hydrogens (tertiary/aromatic N) is 1. The van der Waals surface area contributed by atoms with Crippen molar-refractivity contribution in [2.24, 2.45) is 0 Å². The lowest BCUT2D eigenvalue weighted by molar-refractivity contribution is 0.262. The van der Waals surface area contributed by atoms with Crippen molar-refractivity contribution in [3.05, 3.63) is 90.1 Å². The Hall–Kier alpha value is -3.51. The number of thiazole rings is 1. The van der Waals surface area contributed by atoms with Gasteiger partial charge in [0.2, 0.25) is 0 Å². The van der Waals surface area contributed by atoms with Crippen LogP contribution in [-0.4, -0.2) is 11.0 Å². The number of carbonyl (C=O) groups excluding carboxylic acids is 1. The summed E-state index contributed by atoms with van der Waals surface area (Å²) in [5, 5.41) is 8.31. The average Bonchev–Trinajstić information content (AvgIpc) is 3.19. The molecule has 0 saturated heterocycles. The zero-order valence-corrected chi connectivity index (χ0v) is 15.5. The van der Waals surface area contributed by atoms with Gasteiger partial charge in [0.15, 0.2) is 0 Å². The second-order valence-corrected chi connectivity index (χ2v) is 6.93. The maximum absolute atomic E-state index is 13.2. The summed E-state index contributed by atoms with van der Waals surface area (Å²) in [5.74, 6) is -0.405. The first-order chi connectivity index (χ1) is 13.7. The predicted octanol–water partition coefficient (Wildman–Crippen LogP) is 6.26. The second-order valence-electron chi connectivity index (χ2n) is 6.07. The van der Waals surface area contributed by atoms with Gasteiger partial charge in [-0.25, -0.2) is 14.2 Å². The number of urea groups is 1. The Morgan fingerprint density at radius 1 is 0.821 bits per heavy atom. The molecule has 0 saturated carbocycles. The summed E-state index contributed by atoms with van der Waals surface area (Å²) in [6.45, 7) is 0. The van der Waals surface area contributed by atoms with Crippen LogP contribution in [0.3, 0.4) is 0 Å². The Morgan fingerprint density at radius 2 is 1.50 bits per heavy atom. The van der Waals surface area contributed by atoms with E-state index in [0.717, 1.165) is 21.8 Å². The van der Waals surface area contributed by atoms with Crippen LogP contribution < -0.4 is 10.6 Å². The topological polar surface area (TPSA) is 54.0 Å². The molecule has 0 radical (unpaired) electrons. The van der Waals surface area contributed by atoms with Gasteiger partial charge in [-0.1, -0.05) is 48.5 Å². The quantitative estimate of drug-likeness (QED) is 0.433. The van der Waals surface area contributed by atoms with Gasteiger partial charge in [-0.15, -0.1) is 11.3 Å². The highest BCUT2D eigenvalue weighted by molar-refractivity contribution is 7.13. The number of halogens is 1. The maximum atomic E-state index is 13.2. The molecule has 4 nitrogen and oxygen atoms in total. The zero-order valence-electron chi connectivity index (χ0n) is 14.7. The molecule has 4 aromatic rings. The molecule has 138 valence electrons. The van der Waals surface area contributed by atoms with Gasteiger partial charge in [-0.2, -0.15) is 0 Å². The molecular formula is C22H16FN3OS. The van der Waals surface area contributed by atoms with E-state index in [-0.39, 0.29) is 0 Å². The summed E-state index contributed by atoms with van der Waals surface area (Å²) in [5.41, 5.74) is 3.84. The molecular weight excluding hydrogens is 373 g/mol. The predicted molar refractivity (Wildman–Crippen MR) is 112 cm³/mol. The van der Waals surface area contributed by atoms with E-state index in [4.69, 9.17) is 4.98 Å². The van der Waals surface area contributed by atoms with Gasteiger partial charge in [-0.3, -0.25) is 0 Å². The standard InChI is InChI=1S/C22H16FN3OS/c23-17-9-5-11-19(13-17)25-22(27)24-18-10-4-8-16(12-18)20-14-28-21(26-20)15-6-2-1-3-7-15/h1-14H,(H2,24,25,27). The maximum Gasteiger partial charge on any atom is 0.323 e. The highest BCUT2D eigenvalue weighted by atomic mass is 32.1. The SMILES string of the molecule is O=C(Nc1cccc(F)c1)Nc1cccc(-c2csc(-c3ccccc3)n2)c1. The summed E-state index contributed by atoms with van der Waals surface area (Å²) in [6, 6.07) is 22.7. The highest BCUT2D eigenvalue weighted by Gasteiger charge is 2.08. The van der Waals surface area contributed by atoms with Crippen molar-refractivity contribution in [1.82, 2.24) is 4.98 Å². The summed E-state index contributed by atoms with van der Waals surface area (Å²) >= 11 is 1.57. The molecule has 0 aliphatic rings. The number of hydrogen-bond acceptors (Lipinski definition) is 3. The van der Waals surface area contributed by atoms with E-state index < -0.39 is 11.8 Å². The Labute approximate surface area is 165 Å². The summed E-state index contributed by atoms with van der Waals surface area (Å²) in [6.07, 6.45) is 0. The number of amides is 2. The minimum Gasteiger partial charge on any atom is -0.308 e. The van der Waals surface area contributed by atoms with Crippen molar-refractivity contribution < 1.29 is 9.18 Å². The van der Waals surface area contributed by atoms with Gasteiger partial charge in [0, 0.05) is 27.9 Å². The molecule has 3 aromatic carbocycles. The van der Waals surface area contributed by atoms with Crippen LogP contribution in [0.5, 0.6) is 0 Å². The molecule has 0 bridgehead atoms. The van der Waals surface area contributed by atoms with Crippen LogP contribution in [0.4, 0.5) is 20.6 Å². The second kappa shape index (κ2) is 8.02. The smallest absolute Gasteiger partial charge is 0.308 e. The Kier molecular flexibility index (Phi) is 5.12. The van der Waals surface area contributed by atoms with E-state index >= 15 is 0 Å². The Balaban J connectivity index is 1.49. The molecule has 2 N–H and O–H groups in total. The van der Waals surface area contributed by atoms with E-state index in [0.29, 0.717) is 11.4 Å². The molecule has 28 heavy (non-hydrogen) atoms. The third-order valence-electron chi connectivity index (χ3n) is 4.02. The van der Waals surface area contributed by atoms with Gasteiger partial charge < -0.3 is 10.6 Å². The largest absolute Gasteiger partial charge is 0.323 e. The van der Waals surface area contributed by atoms with Crippen molar-refractivity contribution in [3.63, 3.8) is 0 Å². The highest BCUT2D eigenvalue weighted by Crippen LogP contribution is 2.29. The molecule has 1 aromatic heterocycles. The van der Waals surface area contributed by atoms with Crippen molar-refractivity contribution in [2.75, 3.05) is 10.6 Å². The fraction of sp³-hybridized carbons (Fsp3) is 0. The molecule has 0 atom stereocenters. The van der Waals surface area contributed by atoms with Crippen LogP contribution in [-0.2, 0) is 0 Å². The van der Waals surface area contributed by atoms with Crippen molar-refractivity contribution in [2.45, 2.75) is 0 Å². The summed E-state index contributed by atoms with van der Waals surface area (Å²) in [4.78, 5) is 16.9. The van der Waals surface area contributed by atoms with Crippen LogP contribution in [0.15, 0.2) is 84.2 Å². The minimum atomic E-state index is -0.439.